The first-order chi connectivity index (χ1) is 14.7. The van der Waals surface area contributed by atoms with Crippen LogP contribution >= 0.6 is 0 Å². The molecule has 2 heterocycles. The molecular weight excluding hydrogens is 376 g/mol. The van der Waals surface area contributed by atoms with Crippen LogP contribution in [0.5, 0.6) is 5.75 Å². The number of hydrogen-bond donors (Lipinski definition) is 1. The van der Waals surface area contributed by atoms with E-state index in [4.69, 9.17) is 9.15 Å². The molecule has 3 aromatic rings. The lowest BCUT2D eigenvalue weighted by atomic mass is 10.1. The van der Waals surface area contributed by atoms with Gasteiger partial charge in [0.15, 0.2) is 0 Å². The number of methoxy groups -OCH3 is 1. The van der Waals surface area contributed by atoms with Gasteiger partial charge in [0.2, 0.25) is 5.91 Å². The largest absolute Gasteiger partial charge is 0.497 e. The van der Waals surface area contributed by atoms with Crippen molar-refractivity contribution in [2.45, 2.75) is 45.2 Å². The molecule has 4 rings (SSSR count). The number of hydrogen-bond acceptors (Lipinski definition) is 4. The maximum absolute atomic E-state index is 12.4. The van der Waals surface area contributed by atoms with E-state index in [-0.39, 0.29) is 5.91 Å². The van der Waals surface area contributed by atoms with E-state index in [2.05, 4.69) is 34.5 Å². The van der Waals surface area contributed by atoms with Crippen LogP contribution in [0.1, 0.15) is 42.4 Å². The van der Waals surface area contributed by atoms with Gasteiger partial charge in [0.05, 0.1) is 19.8 Å². The second-order valence-corrected chi connectivity index (χ2v) is 8.08. The Morgan fingerprint density at radius 1 is 1.03 bits per heavy atom. The average molecular weight is 407 g/mol. The number of carbonyl (C=O) groups excluding carboxylic acids is 1. The summed E-state index contributed by atoms with van der Waals surface area (Å²) in [5.74, 6) is 0.731. The monoisotopic (exact) mass is 406 g/mol. The highest BCUT2D eigenvalue weighted by molar-refractivity contribution is 5.88. The van der Waals surface area contributed by atoms with E-state index in [0.717, 1.165) is 34.4 Å². The zero-order chi connectivity index (χ0) is 20.8. The molecule has 158 valence electrons. The van der Waals surface area contributed by atoms with Crippen LogP contribution in [0.4, 0.5) is 0 Å². The van der Waals surface area contributed by atoms with Gasteiger partial charge in [-0.15, -0.1) is 0 Å². The van der Waals surface area contributed by atoms with Crippen molar-refractivity contribution in [2.75, 3.05) is 20.2 Å². The van der Waals surface area contributed by atoms with Crippen molar-refractivity contribution in [1.29, 1.82) is 0 Å². The molecule has 30 heavy (non-hydrogen) atoms. The summed E-state index contributed by atoms with van der Waals surface area (Å²) in [6, 6.07) is 14.3. The van der Waals surface area contributed by atoms with Crippen LogP contribution in [0.2, 0.25) is 0 Å². The van der Waals surface area contributed by atoms with Gasteiger partial charge in [-0.1, -0.05) is 37.1 Å². The summed E-state index contributed by atoms with van der Waals surface area (Å²) in [6.07, 6.45) is 7.29. The lowest BCUT2D eigenvalue weighted by molar-refractivity contribution is -0.120. The second kappa shape index (κ2) is 9.81. The SMILES string of the molecule is COc1ccc2c(CC(=O)NCc3ccc(CN4CCCCCC4)cc3)coc2c1. The molecule has 0 unspecified atom stereocenters. The first kappa shape index (κ1) is 20.5. The number of nitrogens with zero attached hydrogens (tertiary/aromatic N) is 1. The van der Waals surface area contributed by atoms with E-state index in [9.17, 15) is 4.79 Å². The summed E-state index contributed by atoms with van der Waals surface area (Å²) >= 11 is 0. The van der Waals surface area contributed by atoms with Gasteiger partial charge in [0.1, 0.15) is 11.3 Å². The molecule has 0 spiro atoms. The highest BCUT2D eigenvalue weighted by Crippen LogP contribution is 2.25. The van der Waals surface area contributed by atoms with E-state index >= 15 is 0 Å². The molecule has 0 bridgehead atoms. The molecule has 1 aliphatic rings. The van der Waals surface area contributed by atoms with Gasteiger partial charge in [-0.3, -0.25) is 9.69 Å². The topological polar surface area (TPSA) is 54.7 Å². The van der Waals surface area contributed by atoms with Gasteiger partial charge in [-0.25, -0.2) is 0 Å². The maximum Gasteiger partial charge on any atom is 0.224 e. The van der Waals surface area contributed by atoms with Crippen LogP contribution in [0, 0.1) is 0 Å². The van der Waals surface area contributed by atoms with Gasteiger partial charge in [-0.2, -0.15) is 0 Å². The molecule has 1 saturated heterocycles. The summed E-state index contributed by atoms with van der Waals surface area (Å²) in [7, 11) is 1.62. The number of furan rings is 1. The van der Waals surface area contributed by atoms with Crippen molar-refractivity contribution in [2.24, 2.45) is 0 Å². The molecule has 1 aromatic heterocycles. The minimum atomic E-state index is -0.0119. The minimum absolute atomic E-state index is 0.0119. The third-order valence-corrected chi connectivity index (χ3v) is 5.83. The van der Waals surface area contributed by atoms with Gasteiger partial charge in [-0.05, 0) is 49.2 Å². The fourth-order valence-electron chi connectivity index (χ4n) is 4.08. The van der Waals surface area contributed by atoms with Crippen molar-refractivity contribution < 1.29 is 13.9 Å². The number of likely N-dealkylation sites (tertiary alicyclic amines) is 1. The molecular formula is C25H30N2O3. The van der Waals surface area contributed by atoms with E-state index in [0.29, 0.717) is 13.0 Å². The first-order valence-corrected chi connectivity index (χ1v) is 10.8. The second-order valence-electron chi connectivity index (χ2n) is 8.08. The molecule has 5 heteroatoms. The van der Waals surface area contributed by atoms with Crippen LogP contribution < -0.4 is 10.1 Å². The van der Waals surface area contributed by atoms with Crippen LogP contribution in [0.15, 0.2) is 53.1 Å². The summed E-state index contributed by atoms with van der Waals surface area (Å²) in [5, 5.41) is 3.97. The number of carbonyl (C=O) groups is 1. The van der Waals surface area contributed by atoms with Gasteiger partial charge >= 0.3 is 0 Å². The van der Waals surface area contributed by atoms with E-state index in [1.54, 1.807) is 13.4 Å². The Morgan fingerprint density at radius 2 is 1.77 bits per heavy atom. The lowest BCUT2D eigenvalue weighted by Gasteiger charge is -2.19. The molecule has 1 aliphatic heterocycles. The summed E-state index contributed by atoms with van der Waals surface area (Å²) in [5.41, 5.74) is 4.08. The quantitative estimate of drug-likeness (QED) is 0.619. The molecule has 1 N–H and O–H groups in total. The average Bonchev–Trinajstić information content (AvgIpc) is 2.98. The predicted octanol–water partition coefficient (Wildman–Crippen LogP) is 4.68. The fraction of sp³-hybridized carbons (Fsp3) is 0.400. The molecule has 2 aromatic carbocycles. The van der Waals surface area contributed by atoms with Crippen molar-refractivity contribution in [3.63, 3.8) is 0 Å². The minimum Gasteiger partial charge on any atom is -0.497 e. The van der Waals surface area contributed by atoms with Crippen molar-refractivity contribution in [3.8, 4) is 5.75 Å². The Bertz CT molecular complexity index is 970. The Labute approximate surface area is 178 Å². The maximum atomic E-state index is 12.4. The molecule has 1 fully saturated rings. The number of benzene rings is 2. The van der Waals surface area contributed by atoms with E-state index in [1.165, 1.54) is 44.3 Å². The third kappa shape index (κ3) is 5.22. The number of nitrogens with one attached hydrogen (secondary N) is 1. The number of rotatable bonds is 7. The normalized spacial score (nSPS) is 15.1. The van der Waals surface area contributed by atoms with Gasteiger partial charge in [0, 0.05) is 30.1 Å². The Hall–Kier alpha value is -2.79. The first-order valence-electron chi connectivity index (χ1n) is 10.8. The Balaban J connectivity index is 1.28. The molecule has 5 nitrogen and oxygen atoms in total. The fourth-order valence-corrected chi connectivity index (χ4v) is 4.08. The van der Waals surface area contributed by atoms with Crippen LogP contribution in [0.3, 0.4) is 0 Å². The third-order valence-electron chi connectivity index (χ3n) is 5.83. The van der Waals surface area contributed by atoms with Crippen molar-refractivity contribution >= 4 is 16.9 Å². The molecule has 0 atom stereocenters. The standard InChI is InChI=1S/C25H30N2O3/c1-29-22-10-11-23-21(18-30-24(23)15-22)14-25(28)26-16-19-6-8-20(9-7-19)17-27-12-4-2-3-5-13-27/h6-11,15,18H,2-5,12-14,16-17H2,1H3,(H,26,28). The van der Waals surface area contributed by atoms with Crippen LogP contribution in [-0.4, -0.2) is 31.0 Å². The summed E-state index contributed by atoms with van der Waals surface area (Å²) in [6.45, 7) is 3.96. The van der Waals surface area contributed by atoms with E-state index < -0.39 is 0 Å². The molecule has 1 amide bonds. The summed E-state index contributed by atoms with van der Waals surface area (Å²) in [4.78, 5) is 15.0. The lowest BCUT2D eigenvalue weighted by Crippen LogP contribution is -2.25. The zero-order valence-corrected chi connectivity index (χ0v) is 17.7. The van der Waals surface area contributed by atoms with Crippen molar-refractivity contribution in [1.82, 2.24) is 10.2 Å². The number of fused-ring (bicyclic) bond motifs is 1. The van der Waals surface area contributed by atoms with E-state index in [1.807, 2.05) is 18.2 Å². The predicted molar refractivity (Wildman–Crippen MR) is 119 cm³/mol. The van der Waals surface area contributed by atoms with Gasteiger partial charge in [0.25, 0.3) is 0 Å². The van der Waals surface area contributed by atoms with Crippen molar-refractivity contribution in [3.05, 3.63) is 65.4 Å². The Kier molecular flexibility index (Phi) is 6.70. The highest BCUT2D eigenvalue weighted by Gasteiger charge is 2.12. The van der Waals surface area contributed by atoms with Crippen LogP contribution in [-0.2, 0) is 24.3 Å². The highest BCUT2D eigenvalue weighted by atomic mass is 16.5. The molecule has 0 saturated carbocycles. The summed E-state index contributed by atoms with van der Waals surface area (Å²) < 4.78 is 10.8. The molecule has 0 aliphatic carbocycles. The van der Waals surface area contributed by atoms with Crippen LogP contribution in [0.25, 0.3) is 11.0 Å². The smallest absolute Gasteiger partial charge is 0.224 e. The van der Waals surface area contributed by atoms with Gasteiger partial charge < -0.3 is 14.5 Å². The Morgan fingerprint density at radius 3 is 2.50 bits per heavy atom. The zero-order valence-electron chi connectivity index (χ0n) is 17.7. The number of amides is 1. The number of ether oxygens (including phenoxy) is 1. The molecule has 0 radical (unpaired) electrons.